The lowest BCUT2D eigenvalue weighted by Crippen LogP contribution is -2.37. The Labute approximate surface area is 99.4 Å². The molecule has 3 nitrogen and oxygen atoms in total. The lowest BCUT2D eigenvalue weighted by molar-refractivity contribution is -0.125. The lowest BCUT2D eigenvalue weighted by atomic mass is 10.1. The molecule has 0 radical (unpaired) electrons. The molecule has 2 rings (SSSR count). The number of rotatable bonds is 2. The molecule has 4 heteroatoms. The van der Waals surface area contributed by atoms with E-state index in [2.05, 4.69) is 31.0 Å². The highest BCUT2D eigenvalue weighted by molar-refractivity contribution is 6.70. The zero-order valence-electron chi connectivity index (χ0n) is 10.6. The first kappa shape index (κ1) is 13.3. The van der Waals surface area contributed by atoms with Crippen molar-refractivity contribution < 1.29 is 9.22 Å². The number of β-lactam (4-membered cyclic amide) rings is 1. The van der Waals surface area contributed by atoms with Gasteiger partial charge in [-0.15, -0.1) is 0 Å². The Hall–Kier alpha value is -0.773. The van der Waals surface area contributed by atoms with Crippen LogP contribution in [0.1, 0.15) is 32.1 Å². The van der Waals surface area contributed by atoms with Crippen LogP contribution in [0.25, 0.3) is 0 Å². The summed E-state index contributed by atoms with van der Waals surface area (Å²) >= 11 is 0. The predicted molar refractivity (Wildman–Crippen MR) is 68.6 cm³/mol. The summed E-state index contributed by atoms with van der Waals surface area (Å²) < 4.78 is 5.88. The summed E-state index contributed by atoms with van der Waals surface area (Å²) in [5.41, 5.74) is 0. The highest BCUT2D eigenvalue weighted by Crippen LogP contribution is 2.21. The zero-order chi connectivity index (χ0) is 12.0. The molecule has 92 valence electrons. The standard InChI is InChI=1S/C9H18OSi.C3H5NO/c1-11(2,3)10-9-7-5-4-6-8-9;5-3-1-2-4-3/h7H,4-6,8H2,1-3H3;1-2H2,(H,4,5). The van der Waals surface area contributed by atoms with Crippen molar-refractivity contribution in [3.05, 3.63) is 11.8 Å². The third-order valence-electron chi connectivity index (χ3n) is 2.36. The van der Waals surface area contributed by atoms with E-state index in [1.807, 2.05) is 0 Å². The Morgan fingerprint density at radius 3 is 2.19 bits per heavy atom. The van der Waals surface area contributed by atoms with Gasteiger partial charge in [-0.2, -0.15) is 0 Å². The van der Waals surface area contributed by atoms with Crippen molar-refractivity contribution >= 4 is 14.2 Å². The van der Waals surface area contributed by atoms with Gasteiger partial charge >= 0.3 is 0 Å². The molecule has 0 atom stereocenters. The highest BCUT2D eigenvalue weighted by atomic mass is 28.4. The number of carbonyl (C=O) groups is 1. The number of hydrogen-bond acceptors (Lipinski definition) is 2. The smallest absolute Gasteiger partial charge is 0.241 e. The monoisotopic (exact) mass is 241 g/mol. The maximum absolute atomic E-state index is 9.79. The van der Waals surface area contributed by atoms with E-state index in [0.29, 0.717) is 0 Å². The van der Waals surface area contributed by atoms with Crippen LogP contribution in [0.3, 0.4) is 0 Å². The van der Waals surface area contributed by atoms with Crippen LogP contribution in [-0.4, -0.2) is 20.8 Å². The molecule has 16 heavy (non-hydrogen) atoms. The van der Waals surface area contributed by atoms with Crippen molar-refractivity contribution in [3.63, 3.8) is 0 Å². The third kappa shape index (κ3) is 5.95. The minimum atomic E-state index is -1.31. The Kier molecular flexibility index (Phi) is 5.05. The molecule has 0 saturated carbocycles. The van der Waals surface area contributed by atoms with Crippen molar-refractivity contribution in [1.82, 2.24) is 5.32 Å². The van der Waals surface area contributed by atoms with Crippen LogP contribution in [-0.2, 0) is 9.22 Å². The van der Waals surface area contributed by atoms with Crippen molar-refractivity contribution in [2.24, 2.45) is 0 Å². The molecule has 2 aliphatic rings. The molecule has 1 N–H and O–H groups in total. The summed E-state index contributed by atoms with van der Waals surface area (Å²) in [5.74, 6) is 1.44. The second-order valence-corrected chi connectivity index (χ2v) is 9.66. The largest absolute Gasteiger partial charge is 0.548 e. The van der Waals surface area contributed by atoms with Crippen molar-refractivity contribution in [2.45, 2.75) is 51.7 Å². The van der Waals surface area contributed by atoms with Crippen molar-refractivity contribution in [3.8, 4) is 0 Å². The number of allylic oxidation sites excluding steroid dienone is 2. The Morgan fingerprint density at radius 2 is 1.88 bits per heavy atom. The van der Waals surface area contributed by atoms with E-state index in [9.17, 15) is 4.79 Å². The van der Waals surface area contributed by atoms with Crippen LogP contribution < -0.4 is 5.32 Å². The second kappa shape index (κ2) is 6.08. The van der Waals surface area contributed by atoms with Crippen LogP contribution in [0.15, 0.2) is 11.8 Å². The number of hydrogen-bond donors (Lipinski definition) is 1. The first-order valence-electron chi connectivity index (χ1n) is 6.12. The summed E-state index contributed by atoms with van der Waals surface area (Å²) in [6.45, 7) is 7.60. The average Bonchev–Trinajstić information content (AvgIpc) is 2.15. The molecule has 1 saturated heterocycles. The van der Waals surface area contributed by atoms with Crippen LogP contribution in [0.2, 0.25) is 19.6 Å². The fraction of sp³-hybridized carbons (Fsp3) is 0.750. The molecule has 1 fully saturated rings. The average molecular weight is 241 g/mol. The van der Waals surface area contributed by atoms with Gasteiger partial charge in [-0.05, 0) is 45.0 Å². The van der Waals surface area contributed by atoms with Gasteiger partial charge in [0.15, 0.2) is 0 Å². The number of carbonyl (C=O) groups excluding carboxylic acids is 1. The van der Waals surface area contributed by atoms with Crippen molar-refractivity contribution in [1.29, 1.82) is 0 Å². The Balaban J connectivity index is 0.000000212. The fourth-order valence-corrected chi connectivity index (χ4v) is 2.49. The van der Waals surface area contributed by atoms with Gasteiger partial charge in [-0.3, -0.25) is 4.79 Å². The molecule has 0 aromatic carbocycles. The molecule has 1 aliphatic carbocycles. The van der Waals surface area contributed by atoms with E-state index in [4.69, 9.17) is 4.43 Å². The van der Waals surface area contributed by atoms with E-state index in [-0.39, 0.29) is 5.91 Å². The summed E-state index contributed by atoms with van der Waals surface area (Å²) in [6.07, 6.45) is 8.06. The van der Waals surface area contributed by atoms with E-state index in [1.54, 1.807) is 0 Å². The minimum Gasteiger partial charge on any atom is -0.548 e. The van der Waals surface area contributed by atoms with Crippen molar-refractivity contribution in [2.75, 3.05) is 6.54 Å². The van der Waals surface area contributed by atoms with Gasteiger partial charge < -0.3 is 9.74 Å². The van der Waals surface area contributed by atoms with Crippen LogP contribution in [0, 0.1) is 0 Å². The molecule has 0 unspecified atom stereocenters. The second-order valence-electron chi connectivity index (χ2n) is 5.23. The summed E-state index contributed by atoms with van der Waals surface area (Å²) in [6, 6.07) is 0. The van der Waals surface area contributed by atoms with E-state index in [0.717, 1.165) is 13.0 Å². The molecule has 0 aromatic rings. The van der Waals surface area contributed by atoms with E-state index < -0.39 is 8.32 Å². The molecular formula is C12H23NO2Si. The normalized spacial score (nSPS) is 19.7. The molecule has 0 spiro atoms. The predicted octanol–water partition coefficient (Wildman–Crippen LogP) is 2.80. The molecule has 0 bridgehead atoms. The maximum Gasteiger partial charge on any atom is 0.241 e. The molecule has 0 aromatic heterocycles. The quantitative estimate of drug-likeness (QED) is 0.596. The topological polar surface area (TPSA) is 38.3 Å². The van der Waals surface area contributed by atoms with Crippen LogP contribution >= 0.6 is 0 Å². The van der Waals surface area contributed by atoms with Gasteiger partial charge in [0.2, 0.25) is 14.2 Å². The third-order valence-corrected chi connectivity index (χ3v) is 3.24. The SMILES string of the molecule is C[Si](C)(C)OC1=CCCCC1.O=C1CCN1. The molecular weight excluding hydrogens is 218 g/mol. The van der Waals surface area contributed by atoms with Gasteiger partial charge in [-0.25, -0.2) is 0 Å². The first-order chi connectivity index (χ1) is 7.47. The van der Waals surface area contributed by atoms with Gasteiger partial charge in [0, 0.05) is 19.4 Å². The van der Waals surface area contributed by atoms with Gasteiger partial charge in [0.25, 0.3) is 0 Å². The summed E-state index contributed by atoms with van der Waals surface area (Å²) in [5, 5.41) is 2.57. The van der Waals surface area contributed by atoms with Gasteiger partial charge in [0.05, 0.1) is 5.76 Å². The highest BCUT2D eigenvalue weighted by Gasteiger charge is 2.18. The Morgan fingerprint density at radius 1 is 1.25 bits per heavy atom. The first-order valence-corrected chi connectivity index (χ1v) is 9.53. The minimum absolute atomic E-state index is 0.185. The summed E-state index contributed by atoms with van der Waals surface area (Å²) in [4.78, 5) is 9.79. The molecule has 1 aliphatic heterocycles. The van der Waals surface area contributed by atoms with Gasteiger partial charge in [0.1, 0.15) is 0 Å². The molecule has 1 amide bonds. The van der Waals surface area contributed by atoms with Gasteiger partial charge in [-0.1, -0.05) is 0 Å². The zero-order valence-corrected chi connectivity index (χ0v) is 11.6. The number of nitrogens with one attached hydrogen (secondary N) is 1. The number of amides is 1. The van der Waals surface area contributed by atoms with E-state index in [1.165, 1.54) is 31.4 Å². The summed E-state index contributed by atoms with van der Waals surface area (Å²) in [7, 11) is -1.31. The molecule has 1 heterocycles. The van der Waals surface area contributed by atoms with Crippen LogP contribution in [0.5, 0.6) is 0 Å². The Bertz CT molecular complexity index is 263. The maximum atomic E-state index is 9.79. The fourth-order valence-electron chi connectivity index (χ4n) is 1.52. The van der Waals surface area contributed by atoms with Crippen LogP contribution in [0.4, 0.5) is 0 Å². The lowest BCUT2D eigenvalue weighted by Gasteiger charge is -2.23. The van der Waals surface area contributed by atoms with E-state index >= 15 is 0 Å².